The molecule has 1 aliphatic rings. The molecular weight excluding hydrogens is 118 g/mol. The predicted octanol–water partition coefficient (Wildman–Crippen LogP) is 0.567. The minimum absolute atomic E-state index is 0.446. The second-order valence-electron chi connectivity index (χ2n) is 1.55. The van der Waals surface area contributed by atoms with Crippen molar-refractivity contribution in [3.05, 3.63) is 0 Å². The number of alkyl halides is 2. The highest BCUT2D eigenvalue weighted by atomic mass is 19.2. The maximum atomic E-state index is 11.9. The van der Waals surface area contributed by atoms with Gasteiger partial charge in [-0.25, -0.2) is 13.6 Å². The lowest BCUT2D eigenvalue weighted by Crippen LogP contribution is -2.06. The molecule has 46 valence electrons. The Morgan fingerprint density at radius 1 is 1.62 bits per heavy atom. The van der Waals surface area contributed by atoms with Crippen molar-refractivity contribution in [3.63, 3.8) is 0 Å². The third-order valence-electron chi connectivity index (χ3n) is 0.892. The summed E-state index contributed by atoms with van der Waals surface area (Å²) in [5, 5.41) is 0. The highest BCUT2D eigenvalue weighted by molar-refractivity contribution is 5.76. The fraction of sp³-hybridized carbons (Fsp3) is 0.750. The van der Waals surface area contributed by atoms with Crippen LogP contribution in [0.15, 0.2) is 0 Å². The second-order valence-corrected chi connectivity index (χ2v) is 1.55. The van der Waals surface area contributed by atoms with Gasteiger partial charge in [-0.3, -0.25) is 0 Å². The smallest absolute Gasteiger partial charge is 0.343 e. The first-order valence-electron chi connectivity index (χ1n) is 2.19. The van der Waals surface area contributed by atoms with Crippen LogP contribution in [-0.4, -0.2) is 18.5 Å². The molecule has 0 amide bonds. The Hall–Kier alpha value is -0.670. The number of cyclic esters (lactones) is 1. The molecule has 0 N–H and O–H groups in total. The van der Waals surface area contributed by atoms with Crippen molar-refractivity contribution in [2.24, 2.45) is 0 Å². The highest BCUT2D eigenvalue weighted by Crippen LogP contribution is 2.17. The lowest BCUT2D eigenvalue weighted by molar-refractivity contribution is -0.149. The number of carbonyl (C=O) groups is 1. The van der Waals surface area contributed by atoms with Crippen molar-refractivity contribution in [3.8, 4) is 0 Å². The van der Waals surface area contributed by atoms with Crippen molar-refractivity contribution in [1.82, 2.24) is 0 Å². The van der Waals surface area contributed by atoms with Gasteiger partial charge in [0.05, 0.1) is 6.42 Å². The van der Waals surface area contributed by atoms with Crippen LogP contribution in [0.1, 0.15) is 6.42 Å². The number of carbonyl (C=O) groups excluding carboxylic acids is 1. The summed E-state index contributed by atoms with van der Waals surface area (Å²) in [6.45, 7) is 0. The molecule has 0 aromatic rings. The quantitative estimate of drug-likeness (QED) is 0.439. The van der Waals surface area contributed by atoms with Gasteiger partial charge in [0.2, 0.25) is 12.5 Å². The van der Waals surface area contributed by atoms with E-state index in [0.29, 0.717) is 0 Å². The molecule has 1 aliphatic heterocycles. The Balaban J connectivity index is 2.51. The normalized spacial score (nSPS) is 37.5. The summed E-state index contributed by atoms with van der Waals surface area (Å²) in [7, 11) is 0. The van der Waals surface area contributed by atoms with Gasteiger partial charge in [0.25, 0.3) is 0 Å². The Bertz CT molecular complexity index is 115. The average Bonchev–Trinajstić information content (AvgIpc) is 1.85. The van der Waals surface area contributed by atoms with E-state index in [1.54, 1.807) is 0 Å². The number of ether oxygens (including phenoxy) is 1. The van der Waals surface area contributed by atoms with Gasteiger partial charge in [0, 0.05) is 0 Å². The average molecular weight is 122 g/mol. The van der Waals surface area contributed by atoms with Crippen LogP contribution < -0.4 is 0 Å². The van der Waals surface area contributed by atoms with Crippen LogP contribution in [0, 0.1) is 0 Å². The fourth-order valence-electron chi connectivity index (χ4n) is 0.507. The fourth-order valence-corrected chi connectivity index (χ4v) is 0.507. The monoisotopic (exact) mass is 122 g/mol. The Kier molecular flexibility index (Phi) is 1.15. The summed E-state index contributed by atoms with van der Waals surface area (Å²) in [6.07, 6.45) is -3.92. The Morgan fingerprint density at radius 2 is 2.25 bits per heavy atom. The Labute approximate surface area is 44.4 Å². The molecule has 2 atom stereocenters. The van der Waals surface area contributed by atoms with Gasteiger partial charge >= 0.3 is 5.97 Å². The van der Waals surface area contributed by atoms with E-state index in [-0.39, 0.29) is 0 Å². The van der Waals surface area contributed by atoms with Crippen LogP contribution in [0.25, 0.3) is 0 Å². The van der Waals surface area contributed by atoms with Gasteiger partial charge in [-0.15, -0.1) is 0 Å². The van der Waals surface area contributed by atoms with Gasteiger partial charge in [-0.05, 0) is 0 Å². The summed E-state index contributed by atoms with van der Waals surface area (Å²) in [6, 6.07) is 0. The molecule has 0 aromatic heterocycles. The number of rotatable bonds is 0. The third-order valence-corrected chi connectivity index (χ3v) is 0.892. The SMILES string of the molecule is O=C1OC(F)CC1F. The predicted molar refractivity (Wildman–Crippen MR) is 20.5 cm³/mol. The van der Waals surface area contributed by atoms with Gasteiger partial charge in [-0.1, -0.05) is 0 Å². The van der Waals surface area contributed by atoms with Crippen molar-refractivity contribution < 1.29 is 18.3 Å². The molecule has 0 saturated carbocycles. The zero-order valence-electron chi connectivity index (χ0n) is 3.93. The highest BCUT2D eigenvalue weighted by Gasteiger charge is 2.34. The van der Waals surface area contributed by atoms with Crippen LogP contribution in [0.2, 0.25) is 0 Å². The number of hydrogen-bond acceptors (Lipinski definition) is 2. The summed E-state index contributed by atoms with van der Waals surface area (Å²) in [5.74, 6) is -1.09. The third kappa shape index (κ3) is 0.778. The van der Waals surface area contributed by atoms with E-state index in [1.165, 1.54) is 0 Å². The van der Waals surface area contributed by atoms with Gasteiger partial charge < -0.3 is 4.74 Å². The molecule has 4 heteroatoms. The molecular formula is C4H4F2O2. The van der Waals surface area contributed by atoms with E-state index < -0.39 is 24.9 Å². The molecule has 0 radical (unpaired) electrons. The van der Waals surface area contributed by atoms with Gasteiger partial charge in [0.15, 0.2) is 0 Å². The molecule has 1 saturated heterocycles. The minimum atomic E-state index is -1.75. The molecule has 1 heterocycles. The molecule has 0 aromatic carbocycles. The zero-order chi connectivity index (χ0) is 6.15. The van der Waals surface area contributed by atoms with Crippen LogP contribution in [0.4, 0.5) is 8.78 Å². The molecule has 0 bridgehead atoms. The summed E-state index contributed by atoms with van der Waals surface area (Å²) >= 11 is 0. The van der Waals surface area contributed by atoms with Gasteiger partial charge in [-0.2, -0.15) is 0 Å². The summed E-state index contributed by atoms with van der Waals surface area (Å²) < 4.78 is 27.4. The van der Waals surface area contributed by atoms with Crippen LogP contribution in [0.3, 0.4) is 0 Å². The van der Waals surface area contributed by atoms with Crippen molar-refractivity contribution in [1.29, 1.82) is 0 Å². The van der Waals surface area contributed by atoms with Crippen LogP contribution in [-0.2, 0) is 9.53 Å². The first-order valence-corrected chi connectivity index (χ1v) is 2.19. The molecule has 2 nitrogen and oxygen atoms in total. The first kappa shape index (κ1) is 5.47. The maximum absolute atomic E-state index is 11.9. The molecule has 1 fully saturated rings. The lowest BCUT2D eigenvalue weighted by Gasteiger charge is -1.90. The van der Waals surface area contributed by atoms with E-state index in [2.05, 4.69) is 4.74 Å². The summed E-state index contributed by atoms with van der Waals surface area (Å²) in [4.78, 5) is 9.95. The second kappa shape index (κ2) is 1.69. The van der Waals surface area contributed by atoms with Gasteiger partial charge in [0.1, 0.15) is 0 Å². The van der Waals surface area contributed by atoms with Crippen molar-refractivity contribution >= 4 is 5.97 Å². The standard InChI is InChI=1S/C4H4F2O2/c5-2-1-3(6)8-4(2)7/h2-3H,1H2. The molecule has 0 spiro atoms. The summed E-state index contributed by atoms with van der Waals surface area (Å²) in [5.41, 5.74) is 0. The number of halogens is 2. The molecule has 2 unspecified atom stereocenters. The number of esters is 1. The minimum Gasteiger partial charge on any atom is -0.429 e. The van der Waals surface area contributed by atoms with Crippen LogP contribution in [0.5, 0.6) is 0 Å². The van der Waals surface area contributed by atoms with E-state index in [9.17, 15) is 13.6 Å². The molecule has 8 heavy (non-hydrogen) atoms. The van der Waals surface area contributed by atoms with Crippen LogP contribution >= 0.6 is 0 Å². The van der Waals surface area contributed by atoms with Crippen molar-refractivity contribution in [2.45, 2.75) is 19.0 Å². The Morgan fingerprint density at radius 3 is 2.38 bits per heavy atom. The maximum Gasteiger partial charge on any atom is 0.343 e. The largest absolute Gasteiger partial charge is 0.429 e. The lowest BCUT2D eigenvalue weighted by atomic mass is 10.3. The van der Waals surface area contributed by atoms with E-state index in [1.807, 2.05) is 0 Å². The molecule has 0 aliphatic carbocycles. The first-order chi connectivity index (χ1) is 3.70. The van der Waals surface area contributed by atoms with E-state index in [4.69, 9.17) is 0 Å². The van der Waals surface area contributed by atoms with E-state index >= 15 is 0 Å². The molecule has 1 rings (SSSR count). The van der Waals surface area contributed by atoms with Crippen molar-refractivity contribution in [2.75, 3.05) is 0 Å². The topological polar surface area (TPSA) is 26.3 Å². The zero-order valence-corrected chi connectivity index (χ0v) is 3.93. The number of hydrogen-bond donors (Lipinski definition) is 0. The van der Waals surface area contributed by atoms with E-state index in [0.717, 1.165) is 0 Å².